The average molecular weight is 421 g/mol. The molecule has 8 heteroatoms. The van der Waals surface area contributed by atoms with Crippen molar-refractivity contribution in [1.82, 2.24) is 10.6 Å². The fourth-order valence-electron chi connectivity index (χ4n) is 3.25. The number of esters is 1. The van der Waals surface area contributed by atoms with Crippen molar-refractivity contribution >= 4 is 18.0 Å². The summed E-state index contributed by atoms with van der Waals surface area (Å²) in [5.41, 5.74) is 0.00601. The average Bonchev–Trinajstić information content (AvgIpc) is 2.70. The minimum atomic E-state index is -0.540. The van der Waals surface area contributed by atoms with Crippen molar-refractivity contribution in [3.63, 3.8) is 0 Å². The van der Waals surface area contributed by atoms with E-state index < -0.39 is 11.7 Å². The number of rotatable bonds is 7. The Morgan fingerprint density at radius 2 is 1.67 bits per heavy atom. The molecular formula is C22H32N2O6. The zero-order valence-corrected chi connectivity index (χ0v) is 18.2. The Morgan fingerprint density at radius 3 is 2.23 bits per heavy atom. The van der Waals surface area contributed by atoms with Crippen LogP contribution in [-0.2, 0) is 14.3 Å². The van der Waals surface area contributed by atoms with Crippen molar-refractivity contribution in [1.29, 1.82) is 0 Å². The summed E-state index contributed by atoms with van der Waals surface area (Å²) in [6, 6.07) is 6.90. The maximum Gasteiger partial charge on any atom is 0.407 e. The van der Waals surface area contributed by atoms with Gasteiger partial charge in [-0.15, -0.1) is 0 Å². The van der Waals surface area contributed by atoms with E-state index in [2.05, 4.69) is 10.6 Å². The van der Waals surface area contributed by atoms with Crippen molar-refractivity contribution < 1.29 is 28.6 Å². The minimum absolute atomic E-state index is 0.0632. The lowest BCUT2D eigenvalue weighted by molar-refractivity contribution is -0.146. The summed E-state index contributed by atoms with van der Waals surface area (Å²) in [4.78, 5) is 35.6. The van der Waals surface area contributed by atoms with E-state index in [4.69, 9.17) is 14.2 Å². The molecule has 0 radical (unpaired) electrons. The van der Waals surface area contributed by atoms with Crippen LogP contribution in [0.3, 0.4) is 0 Å². The second-order valence-electron chi connectivity index (χ2n) is 8.35. The predicted molar refractivity (Wildman–Crippen MR) is 111 cm³/mol. The first-order valence-electron chi connectivity index (χ1n) is 10.3. The zero-order valence-electron chi connectivity index (χ0n) is 18.2. The van der Waals surface area contributed by atoms with Crippen molar-refractivity contribution in [2.75, 3.05) is 20.3 Å². The van der Waals surface area contributed by atoms with Crippen LogP contribution in [0.4, 0.5) is 4.79 Å². The molecule has 8 nitrogen and oxygen atoms in total. The van der Waals surface area contributed by atoms with Crippen LogP contribution in [0, 0.1) is 5.92 Å². The Morgan fingerprint density at radius 1 is 1.03 bits per heavy atom. The summed E-state index contributed by atoms with van der Waals surface area (Å²) in [5, 5.41) is 5.64. The second-order valence-corrected chi connectivity index (χ2v) is 8.35. The van der Waals surface area contributed by atoms with Crippen molar-refractivity contribution in [3.8, 4) is 5.75 Å². The molecule has 2 rings (SSSR count). The fraction of sp³-hybridized carbons (Fsp3) is 0.591. The van der Waals surface area contributed by atoms with Gasteiger partial charge >= 0.3 is 12.1 Å². The second kappa shape index (κ2) is 10.8. The van der Waals surface area contributed by atoms with Gasteiger partial charge in [0.1, 0.15) is 18.0 Å². The van der Waals surface area contributed by atoms with Gasteiger partial charge in [-0.05, 0) is 70.7 Å². The van der Waals surface area contributed by atoms with Crippen molar-refractivity contribution in [3.05, 3.63) is 29.8 Å². The minimum Gasteiger partial charge on any atom is -0.492 e. The summed E-state index contributed by atoms with van der Waals surface area (Å²) in [6.07, 6.45) is 2.48. The Bertz CT molecular complexity index is 718. The highest BCUT2D eigenvalue weighted by Gasteiger charge is 2.27. The van der Waals surface area contributed by atoms with E-state index in [1.807, 2.05) is 0 Å². The molecule has 1 aromatic carbocycles. The number of carbonyl (C=O) groups excluding carboxylic acids is 3. The molecule has 0 aromatic heterocycles. The lowest BCUT2D eigenvalue weighted by Gasteiger charge is -2.27. The van der Waals surface area contributed by atoms with E-state index in [-0.39, 0.29) is 30.4 Å². The van der Waals surface area contributed by atoms with Gasteiger partial charge in [0.05, 0.1) is 19.6 Å². The predicted octanol–water partition coefficient (Wildman–Crippen LogP) is 3.05. The van der Waals surface area contributed by atoms with Gasteiger partial charge in [-0.2, -0.15) is 0 Å². The molecule has 0 spiro atoms. The van der Waals surface area contributed by atoms with E-state index in [0.717, 1.165) is 25.7 Å². The summed E-state index contributed by atoms with van der Waals surface area (Å²) in [7, 11) is 1.40. The maximum atomic E-state index is 12.4. The van der Waals surface area contributed by atoms with Crippen molar-refractivity contribution in [2.24, 2.45) is 5.92 Å². The Labute approximate surface area is 177 Å². The zero-order chi connectivity index (χ0) is 22.1. The van der Waals surface area contributed by atoms with Gasteiger partial charge < -0.3 is 24.8 Å². The first-order valence-corrected chi connectivity index (χ1v) is 10.3. The molecule has 0 heterocycles. The van der Waals surface area contributed by atoms with Crippen LogP contribution in [-0.4, -0.2) is 49.9 Å². The van der Waals surface area contributed by atoms with Gasteiger partial charge in [0.2, 0.25) is 0 Å². The third-order valence-corrected chi connectivity index (χ3v) is 4.75. The van der Waals surface area contributed by atoms with Crippen LogP contribution in [0.1, 0.15) is 56.8 Å². The van der Waals surface area contributed by atoms with E-state index in [0.29, 0.717) is 17.9 Å². The molecule has 2 N–H and O–H groups in total. The van der Waals surface area contributed by atoms with Crippen LogP contribution in [0.25, 0.3) is 0 Å². The van der Waals surface area contributed by atoms with Gasteiger partial charge in [0.15, 0.2) is 0 Å². The largest absolute Gasteiger partial charge is 0.492 e. The third-order valence-electron chi connectivity index (χ3n) is 4.75. The summed E-state index contributed by atoms with van der Waals surface area (Å²) < 4.78 is 15.5. The van der Waals surface area contributed by atoms with Crippen LogP contribution < -0.4 is 15.4 Å². The molecule has 1 saturated carbocycles. The first-order chi connectivity index (χ1) is 14.2. The van der Waals surface area contributed by atoms with E-state index in [1.165, 1.54) is 7.11 Å². The highest BCUT2D eigenvalue weighted by molar-refractivity contribution is 5.94. The smallest absolute Gasteiger partial charge is 0.407 e. The van der Waals surface area contributed by atoms with Crippen LogP contribution in [0.2, 0.25) is 0 Å². The lowest BCUT2D eigenvalue weighted by atomic mass is 9.86. The van der Waals surface area contributed by atoms with Gasteiger partial charge in [0.25, 0.3) is 5.91 Å². The molecule has 30 heavy (non-hydrogen) atoms. The van der Waals surface area contributed by atoms with Gasteiger partial charge in [0, 0.05) is 11.6 Å². The molecule has 0 atom stereocenters. The van der Waals surface area contributed by atoms with E-state index in [1.54, 1.807) is 45.0 Å². The quantitative estimate of drug-likeness (QED) is 0.519. The molecule has 0 unspecified atom stereocenters. The van der Waals surface area contributed by atoms with Crippen LogP contribution >= 0.6 is 0 Å². The lowest BCUT2D eigenvalue weighted by Crippen LogP contribution is -2.38. The number of amides is 2. The molecule has 0 saturated heterocycles. The van der Waals surface area contributed by atoms with Crippen LogP contribution in [0.5, 0.6) is 5.75 Å². The highest BCUT2D eigenvalue weighted by Crippen LogP contribution is 2.25. The summed E-state index contributed by atoms with van der Waals surface area (Å²) in [6.45, 7) is 6.00. The molecule has 1 aliphatic rings. The molecule has 1 aliphatic carbocycles. The number of carbonyl (C=O) groups is 3. The number of ether oxygens (including phenoxy) is 3. The Balaban J connectivity index is 1.70. The third kappa shape index (κ3) is 7.93. The van der Waals surface area contributed by atoms with Gasteiger partial charge in [-0.1, -0.05) is 0 Å². The van der Waals surface area contributed by atoms with Gasteiger partial charge in [-0.25, -0.2) is 4.79 Å². The van der Waals surface area contributed by atoms with E-state index in [9.17, 15) is 14.4 Å². The number of nitrogens with one attached hydrogen (secondary N) is 2. The monoisotopic (exact) mass is 420 g/mol. The molecule has 1 aromatic rings. The van der Waals surface area contributed by atoms with Crippen LogP contribution in [0.15, 0.2) is 24.3 Å². The van der Waals surface area contributed by atoms with Crippen molar-refractivity contribution in [2.45, 2.75) is 58.1 Å². The number of alkyl carbamates (subject to hydrolysis) is 1. The molecule has 166 valence electrons. The SMILES string of the molecule is COC(=O)C1CCC(NC(=O)c2ccc(OCCNC(=O)OC(C)(C)C)cc2)CC1. The number of hydrogen-bond acceptors (Lipinski definition) is 6. The standard InChI is InChI=1S/C22H32N2O6/c1-22(2,3)30-21(27)23-13-14-29-18-11-7-15(8-12-18)19(25)24-17-9-5-16(6-10-17)20(26)28-4/h7-8,11-12,16-17H,5-6,9-10,13-14H2,1-4H3,(H,23,27)(H,24,25). The molecule has 1 fully saturated rings. The number of methoxy groups -OCH3 is 1. The Kier molecular flexibility index (Phi) is 8.50. The summed E-state index contributed by atoms with van der Waals surface area (Å²) >= 11 is 0. The normalized spacial score (nSPS) is 18.8. The molecule has 2 amide bonds. The fourth-order valence-corrected chi connectivity index (χ4v) is 3.25. The number of benzene rings is 1. The molecule has 0 bridgehead atoms. The van der Waals surface area contributed by atoms with E-state index >= 15 is 0 Å². The Hall–Kier alpha value is -2.77. The maximum absolute atomic E-state index is 12.4. The highest BCUT2D eigenvalue weighted by atomic mass is 16.6. The molecular weight excluding hydrogens is 388 g/mol. The summed E-state index contributed by atoms with van der Waals surface area (Å²) in [5.74, 6) is 0.229. The number of hydrogen-bond donors (Lipinski definition) is 2. The molecule has 0 aliphatic heterocycles. The first kappa shape index (κ1) is 23.5. The van der Waals surface area contributed by atoms with Gasteiger partial charge in [-0.3, -0.25) is 9.59 Å². The topological polar surface area (TPSA) is 103 Å².